The van der Waals surface area contributed by atoms with E-state index in [1.807, 2.05) is 0 Å². The molecule has 3 heterocycles. The Hall–Kier alpha value is -2.11. The van der Waals surface area contributed by atoms with E-state index in [1.165, 1.54) is 0 Å². The molecule has 0 atom stereocenters. The molecule has 2 aromatic rings. The molecule has 0 bridgehead atoms. The first-order chi connectivity index (χ1) is 8.65. The van der Waals surface area contributed by atoms with Crippen molar-refractivity contribution in [3.05, 3.63) is 17.7 Å². The number of nitrogens with zero attached hydrogens (tertiary/aromatic N) is 3. The number of nitrogens with two attached hydrogens (primary N) is 1. The van der Waals surface area contributed by atoms with E-state index >= 15 is 0 Å². The highest BCUT2D eigenvalue weighted by Gasteiger charge is 2.23. The van der Waals surface area contributed by atoms with Crippen LogP contribution in [-0.4, -0.2) is 33.9 Å². The summed E-state index contributed by atoms with van der Waals surface area (Å²) in [6, 6.07) is 1.64. The second-order valence-electron chi connectivity index (χ2n) is 4.48. The fraction of sp³-hybridized carbons (Fsp3) is 0.417. The summed E-state index contributed by atoms with van der Waals surface area (Å²) in [6.45, 7) is 3.33. The molecule has 3 rings (SSSR count). The van der Waals surface area contributed by atoms with E-state index in [2.05, 4.69) is 9.97 Å². The van der Waals surface area contributed by atoms with Crippen LogP contribution in [0.3, 0.4) is 0 Å². The summed E-state index contributed by atoms with van der Waals surface area (Å²) >= 11 is 0. The van der Waals surface area contributed by atoms with Gasteiger partial charge in [-0.3, -0.25) is 4.79 Å². The molecule has 1 aliphatic heterocycles. The molecule has 0 spiro atoms. The monoisotopic (exact) mass is 246 g/mol. The standard InChI is InChI=1S/C12H14N4O2/c1-7-14-8-6-9(18-10(8)11(13)15-7)12(17)16-4-2-3-5-16/h6H,2-5H2,1H3,(H2,13,14,15). The number of nitrogen functional groups attached to an aromatic ring is 1. The predicted molar refractivity (Wildman–Crippen MR) is 66.1 cm³/mol. The van der Waals surface area contributed by atoms with E-state index in [4.69, 9.17) is 10.2 Å². The van der Waals surface area contributed by atoms with E-state index in [0.29, 0.717) is 22.7 Å². The molecule has 0 saturated carbocycles. The number of likely N-dealkylation sites (tertiary alicyclic amines) is 1. The SMILES string of the molecule is Cc1nc(N)c2oc(C(=O)N3CCCC3)cc2n1. The molecule has 0 radical (unpaired) electrons. The Morgan fingerprint density at radius 3 is 2.83 bits per heavy atom. The van der Waals surface area contributed by atoms with Gasteiger partial charge >= 0.3 is 0 Å². The van der Waals surface area contributed by atoms with E-state index in [0.717, 1.165) is 25.9 Å². The molecule has 94 valence electrons. The van der Waals surface area contributed by atoms with Crippen LogP contribution in [0.4, 0.5) is 5.82 Å². The molecule has 6 nitrogen and oxygen atoms in total. The van der Waals surface area contributed by atoms with Gasteiger partial charge in [0.2, 0.25) is 0 Å². The van der Waals surface area contributed by atoms with Crippen LogP contribution in [0.25, 0.3) is 11.1 Å². The number of hydrogen-bond donors (Lipinski definition) is 1. The lowest BCUT2D eigenvalue weighted by Crippen LogP contribution is -2.27. The van der Waals surface area contributed by atoms with Crippen LogP contribution >= 0.6 is 0 Å². The Bertz CT molecular complexity index is 614. The summed E-state index contributed by atoms with van der Waals surface area (Å²) in [7, 11) is 0. The van der Waals surface area contributed by atoms with Crippen LogP contribution < -0.4 is 5.73 Å². The number of aromatic nitrogens is 2. The third-order valence-corrected chi connectivity index (χ3v) is 3.11. The number of fused-ring (bicyclic) bond motifs is 1. The van der Waals surface area contributed by atoms with Gasteiger partial charge < -0.3 is 15.1 Å². The number of carbonyl (C=O) groups is 1. The highest BCUT2D eigenvalue weighted by molar-refractivity contribution is 5.96. The highest BCUT2D eigenvalue weighted by atomic mass is 16.3. The molecule has 0 aliphatic carbocycles. The first kappa shape index (κ1) is 11.0. The van der Waals surface area contributed by atoms with Crippen LogP contribution in [0, 0.1) is 6.92 Å². The topological polar surface area (TPSA) is 85.2 Å². The molecule has 18 heavy (non-hydrogen) atoms. The Kier molecular flexibility index (Phi) is 2.43. The van der Waals surface area contributed by atoms with E-state index in [9.17, 15) is 4.79 Å². The van der Waals surface area contributed by atoms with Crippen molar-refractivity contribution in [1.82, 2.24) is 14.9 Å². The third kappa shape index (κ3) is 1.70. The van der Waals surface area contributed by atoms with Gasteiger partial charge in [-0.25, -0.2) is 9.97 Å². The van der Waals surface area contributed by atoms with E-state index in [1.54, 1.807) is 17.9 Å². The zero-order chi connectivity index (χ0) is 12.7. The van der Waals surface area contributed by atoms with Crippen LogP contribution in [0.1, 0.15) is 29.2 Å². The van der Waals surface area contributed by atoms with E-state index in [-0.39, 0.29) is 11.7 Å². The minimum Gasteiger partial charge on any atom is -0.445 e. The quantitative estimate of drug-likeness (QED) is 0.820. The van der Waals surface area contributed by atoms with E-state index < -0.39 is 0 Å². The number of anilines is 1. The Morgan fingerprint density at radius 1 is 1.39 bits per heavy atom. The van der Waals surface area contributed by atoms with Crippen molar-refractivity contribution in [2.45, 2.75) is 19.8 Å². The van der Waals surface area contributed by atoms with Gasteiger partial charge in [0.25, 0.3) is 5.91 Å². The van der Waals surface area contributed by atoms with Crippen molar-refractivity contribution in [3.63, 3.8) is 0 Å². The molecular weight excluding hydrogens is 232 g/mol. The third-order valence-electron chi connectivity index (χ3n) is 3.11. The lowest BCUT2D eigenvalue weighted by Gasteiger charge is -2.12. The van der Waals surface area contributed by atoms with Crippen LogP contribution in [0.15, 0.2) is 10.5 Å². The molecule has 1 amide bonds. The minimum atomic E-state index is -0.0949. The smallest absolute Gasteiger partial charge is 0.289 e. The van der Waals surface area contributed by atoms with Gasteiger partial charge in [0, 0.05) is 19.2 Å². The molecule has 6 heteroatoms. The molecule has 1 saturated heterocycles. The maximum absolute atomic E-state index is 12.2. The van der Waals surface area contributed by atoms with Gasteiger partial charge in [0.15, 0.2) is 17.2 Å². The van der Waals surface area contributed by atoms with Gasteiger partial charge in [0.1, 0.15) is 11.3 Å². The van der Waals surface area contributed by atoms with Crippen molar-refractivity contribution >= 4 is 22.8 Å². The second kappa shape index (κ2) is 3.97. The van der Waals surface area contributed by atoms with Crippen molar-refractivity contribution in [2.75, 3.05) is 18.8 Å². The fourth-order valence-electron chi connectivity index (χ4n) is 2.25. The number of rotatable bonds is 1. The number of hydrogen-bond acceptors (Lipinski definition) is 5. The zero-order valence-electron chi connectivity index (χ0n) is 10.1. The van der Waals surface area contributed by atoms with Gasteiger partial charge in [-0.2, -0.15) is 0 Å². The average molecular weight is 246 g/mol. The number of carbonyl (C=O) groups excluding carboxylic acids is 1. The first-order valence-electron chi connectivity index (χ1n) is 5.98. The second-order valence-corrected chi connectivity index (χ2v) is 4.48. The zero-order valence-corrected chi connectivity index (χ0v) is 10.1. The molecule has 0 aromatic carbocycles. The Balaban J connectivity index is 2.02. The molecule has 1 aliphatic rings. The summed E-state index contributed by atoms with van der Waals surface area (Å²) in [6.07, 6.45) is 2.10. The summed E-state index contributed by atoms with van der Waals surface area (Å²) in [5, 5.41) is 0. The summed E-state index contributed by atoms with van der Waals surface area (Å²) in [5.41, 5.74) is 6.73. The average Bonchev–Trinajstić information content (AvgIpc) is 2.96. The molecule has 0 unspecified atom stereocenters. The fourth-order valence-corrected chi connectivity index (χ4v) is 2.25. The lowest BCUT2D eigenvalue weighted by atomic mass is 10.3. The highest BCUT2D eigenvalue weighted by Crippen LogP contribution is 2.24. The lowest BCUT2D eigenvalue weighted by molar-refractivity contribution is 0.0764. The Morgan fingerprint density at radius 2 is 2.11 bits per heavy atom. The normalized spacial score (nSPS) is 15.5. The molecular formula is C12H14N4O2. The molecule has 2 aromatic heterocycles. The number of aryl methyl sites for hydroxylation is 1. The predicted octanol–water partition coefficient (Wildman–Crippen LogP) is 1.35. The minimum absolute atomic E-state index is 0.0949. The maximum Gasteiger partial charge on any atom is 0.289 e. The largest absolute Gasteiger partial charge is 0.445 e. The molecule has 2 N–H and O–H groups in total. The van der Waals surface area contributed by atoms with Crippen LogP contribution in [-0.2, 0) is 0 Å². The van der Waals surface area contributed by atoms with Gasteiger partial charge in [-0.05, 0) is 19.8 Å². The number of amides is 1. The van der Waals surface area contributed by atoms with Gasteiger partial charge in [-0.15, -0.1) is 0 Å². The van der Waals surface area contributed by atoms with Crippen molar-refractivity contribution in [3.8, 4) is 0 Å². The van der Waals surface area contributed by atoms with Gasteiger partial charge in [0.05, 0.1) is 0 Å². The summed E-state index contributed by atoms with van der Waals surface area (Å²) < 4.78 is 5.49. The van der Waals surface area contributed by atoms with Gasteiger partial charge in [-0.1, -0.05) is 0 Å². The Labute approximate surface area is 104 Å². The molecule has 1 fully saturated rings. The summed E-state index contributed by atoms with van der Waals surface area (Å²) in [5.74, 6) is 1.04. The van der Waals surface area contributed by atoms with Crippen molar-refractivity contribution in [2.24, 2.45) is 0 Å². The van der Waals surface area contributed by atoms with Crippen molar-refractivity contribution < 1.29 is 9.21 Å². The van der Waals surface area contributed by atoms with Crippen LogP contribution in [0.2, 0.25) is 0 Å². The maximum atomic E-state index is 12.2. The van der Waals surface area contributed by atoms with Crippen LogP contribution in [0.5, 0.6) is 0 Å². The first-order valence-corrected chi connectivity index (χ1v) is 5.98. The van der Waals surface area contributed by atoms with Crippen molar-refractivity contribution in [1.29, 1.82) is 0 Å². The number of furan rings is 1. The summed E-state index contributed by atoms with van der Waals surface area (Å²) in [4.78, 5) is 22.2.